The lowest BCUT2D eigenvalue weighted by Gasteiger charge is -2.31. The van der Waals surface area contributed by atoms with Crippen LogP contribution in [0.4, 0.5) is 5.69 Å². The minimum atomic E-state index is -1.03. The molecule has 2 unspecified atom stereocenters. The fourth-order valence-electron chi connectivity index (χ4n) is 5.43. The van der Waals surface area contributed by atoms with Crippen LogP contribution >= 0.6 is 0 Å². The number of allylic oxidation sites excluding steroid dienone is 1. The number of rotatable bonds is 7. The van der Waals surface area contributed by atoms with Crippen molar-refractivity contribution in [3.05, 3.63) is 113 Å². The van der Waals surface area contributed by atoms with E-state index in [9.17, 15) is 9.59 Å². The molecule has 1 amide bonds. The van der Waals surface area contributed by atoms with Gasteiger partial charge in [-0.3, -0.25) is 4.79 Å². The van der Waals surface area contributed by atoms with Crippen LogP contribution in [-0.2, 0) is 20.9 Å². The van der Waals surface area contributed by atoms with Crippen LogP contribution in [0.15, 0.2) is 101 Å². The monoisotopic (exact) mass is 493 g/mol. The number of hydrogen-bond acceptors (Lipinski definition) is 5. The summed E-state index contributed by atoms with van der Waals surface area (Å²) in [7, 11) is 0. The molecule has 3 aromatic carbocycles. The molecule has 6 heteroatoms. The van der Waals surface area contributed by atoms with Crippen molar-refractivity contribution in [2.24, 2.45) is 10.5 Å². The van der Waals surface area contributed by atoms with Crippen molar-refractivity contribution < 1.29 is 14.3 Å². The molecule has 0 bridgehead atoms. The molecule has 0 saturated heterocycles. The second-order valence-electron chi connectivity index (χ2n) is 9.58. The maximum atomic E-state index is 14.4. The summed E-state index contributed by atoms with van der Waals surface area (Å²) in [5, 5.41) is 9.75. The van der Waals surface area contributed by atoms with Gasteiger partial charge in [0, 0.05) is 24.6 Å². The summed E-state index contributed by atoms with van der Waals surface area (Å²) in [4.78, 5) is 27.9. The first-order valence-corrected chi connectivity index (χ1v) is 12.7. The predicted molar refractivity (Wildman–Crippen MR) is 145 cm³/mol. The fourth-order valence-corrected chi connectivity index (χ4v) is 5.43. The van der Waals surface area contributed by atoms with Gasteiger partial charge in [-0.25, -0.2) is 4.79 Å². The Morgan fingerprint density at radius 1 is 1.00 bits per heavy atom. The Morgan fingerprint density at radius 3 is 2.30 bits per heavy atom. The number of carbonyl (C=O) groups is 2. The highest BCUT2D eigenvalue weighted by Crippen LogP contribution is 2.56. The van der Waals surface area contributed by atoms with E-state index in [4.69, 9.17) is 9.84 Å². The van der Waals surface area contributed by atoms with E-state index in [0.717, 1.165) is 22.4 Å². The molecule has 5 rings (SSSR count). The Labute approximate surface area is 217 Å². The number of anilines is 1. The number of nitrogens with one attached hydrogen (secondary N) is 1. The van der Waals surface area contributed by atoms with Crippen molar-refractivity contribution in [3.8, 4) is 0 Å². The van der Waals surface area contributed by atoms with E-state index in [0.29, 0.717) is 29.9 Å². The smallest absolute Gasteiger partial charge is 0.336 e. The molecule has 1 spiro atoms. The van der Waals surface area contributed by atoms with Gasteiger partial charge in [-0.05, 0) is 44.0 Å². The average Bonchev–Trinajstić information content (AvgIpc) is 3.40. The normalized spacial score (nSPS) is 20.9. The lowest BCUT2D eigenvalue weighted by Crippen LogP contribution is -2.43. The number of hydrogen-bond donors (Lipinski definition) is 1. The van der Waals surface area contributed by atoms with Gasteiger partial charge in [-0.2, -0.15) is 10.1 Å². The van der Waals surface area contributed by atoms with Gasteiger partial charge in [0.1, 0.15) is 5.41 Å². The molecule has 0 aromatic heterocycles. The second kappa shape index (κ2) is 10.1. The van der Waals surface area contributed by atoms with Crippen LogP contribution in [0.5, 0.6) is 0 Å². The molecular weight excluding hydrogens is 462 g/mol. The maximum Gasteiger partial charge on any atom is 0.336 e. The molecule has 188 valence electrons. The van der Waals surface area contributed by atoms with Crippen LogP contribution in [0.3, 0.4) is 0 Å². The number of ether oxygens (including phenoxy) is 1. The minimum absolute atomic E-state index is 0.138. The first kappa shape index (κ1) is 24.5. The van der Waals surface area contributed by atoms with Crippen LogP contribution in [0.25, 0.3) is 0 Å². The first-order valence-electron chi connectivity index (χ1n) is 12.7. The summed E-state index contributed by atoms with van der Waals surface area (Å²) in [5.74, 6) is -1.07. The molecule has 37 heavy (non-hydrogen) atoms. The SMILES string of the molecule is CCOC(=O)C1=C(NCc2ccccc2)CC2(C(=O)N(c3ccc(C)cc3)N=C2C)C1c1ccccc1. The molecule has 0 radical (unpaired) electrons. The minimum Gasteiger partial charge on any atom is -0.463 e. The Hall–Kier alpha value is -4.19. The van der Waals surface area contributed by atoms with Gasteiger partial charge in [0.15, 0.2) is 0 Å². The summed E-state index contributed by atoms with van der Waals surface area (Å²) in [6, 6.07) is 27.5. The van der Waals surface area contributed by atoms with E-state index in [2.05, 4.69) is 5.32 Å². The molecule has 3 aromatic rings. The largest absolute Gasteiger partial charge is 0.463 e. The van der Waals surface area contributed by atoms with Crippen LogP contribution in [-0.4, -0.2) is 24.2 Å². The van der Waals surface area contributed by atoms with Crippen molar-refractivity contribution in [1.29, 1.82) is 0 Å². The number of benzene rings is 3. The Kier molecular flexibility index (Phi) is 6.66. The van der Waals surface area contributed by atoms with Gasteiger partial charge >= 0.3 is 5.97 Å². The average molecular weight is 494 g/mol. The molecular formula is C31H31N3O3. The predicted octanol–water partition coefficient (Wildman–Crippen LogP) is 5.50. The van der Waals surface area contributed by atoms with Crippen LogP contribution in [0, 0.1) is 12.3 Å². The third-order valence-corrected chi connectivity index (χ3v) is 7.29. The zero-order chi connectivity index (χ0) is 26.0. The maximum absolute atomic E-state index is 14.4. The Bertz CT molecular complexity index is 1360. The van der Waals surface area contributed by atoms with E-state index in [1.807, 2.05) is 98.8 Å². The van der Waals surface area contributed by atoms with E-state index >= 15 is 0 Å². The summed E-state index contributed by atoms with van der Waals surface area (Å²) < 4.78 is 5.56. The summed E-state index contributed by atoms with van der Waals surface area (Å²) in [6.07, 6.45) is 0.337. The van der Waals surface area contributed by atoms with Crippen LogP contribution in [0.2, 0.25) is 0 Å². The van der Waals surface area contributed by atoms with E-state index in [1.165, 1.54) is 5.01 Å². The molecule has 0 fully saturated rings. The molecule has 2 atom stereocenters. The van der Waals surface area contributed by atoms with E-state index in [1.54, 1.807) is 6.92 Å². The Balaban J connectivity index is 1.62. The van der Waals surface area contributed by atoms with Crippen molar-refractivity contribution in [2.45, 2.75) is 39.7 Å². The van der Waals surface area contributed by atoms with Gasteiger partial charge in [-0.1, -0.05) is 78.4 Å². The van der Waals surface area contributed by atoms with Crippen molar-refractivity contribution >= 4 is 23.3 Å². The van der Waals surface area contributed by atoms with E-state index in [-0.39, 0.29) is 12.5 Å². The molecule has 2 aliphatic rings. The highest BCUT2D eigenvalue weighted by atomic mass is 16.5. The number of amides is 1. The summed E-state index contributed by atoms with van der Waals surface area (Å²) in [6.45, 7) is 6.48. The first-order chi connectivity index (χ1) is 18.0. The number of nitrogens with zero attached hydrogens (tertiary/aromatic N) is 2. The molecule has 1 N–H and O–H groups in total. The van der Waals surface area contributed by atoms with Crippen LogP contribution < -0.4 is 10.3 Å². The molecule has 6 nitrogen and oxygen atoms in total. The summed E-state index contributed by atoms with van der Waals surface area (Å²) >= 11 is 0. The van der Waals surface area contributed by atoms with Crippen molar-refractivity contribution in [3.63, 3.8) is 0 Å². The van der Waals surface area contributed by atoms with Crippen molar-refractivity contribution in [2.75, 3.05) is 11.6 Å². The number of hydrazone groups is 1. The van der Waals surface area contributed by atoms with E-state index < -0.39 is 17.3 Å². The Morgan fingerprint density at radius 2 is 1.65 bits per heavy atom. The van der Waals surface area contributed by atoms with Gasteiger partial charge in [0.2, 0.25) is 0 Å². The fraction of sp³-hybridized carbons (Fsp3) is 0.258. The van der Waals surface area contributed by atoms with Gasteiger partial charge in [0.25, 0.3) is 5.91 Å². The van der Waals surface area contributed by atoms with Gasteiger partial charge < -0.3 is 10.1 Å². The lowest BCUT2D eigenvalue weighted by atomic mass is 9.68. The third kappa shape index (κ3) is 4.33. The number of carbonyl (C=O) groups excluding carboxylic acids is 2. The molecule has 1 aliphatic heterocycles. The quantitative estimate of drug-likeness (QED) is 0.442. The topological polar surface area (TPSA) is 71.0 Å². The highest BCUT2D eigenvalue weighted by Gasteiger charge is 2.61. The number of aryl methyl sites for hydroxylation is 1. The van der Waals surface area contributed by atoms with Crippen LogP contribution in [0.1, 0.15) is 42.9 Å². The van der Waals surface area contributed by atoms with Gasteiger partial charge in [-0.15, -0.1) is 0 Å². The summed E-state index contributed by atoms with van der Waals surface area (Å²) in [5.41, 5.74) is 4.66. The lowest BCUT2D eigenvalue weighted by molar-refractivity contribution is -0.139. The molecule has 0 saturated carbocycles. The number of esters is 1. The van der Waals surface area contributed by atoms with Gasteiger partial charge in [0.05, 0.1) is 23.6 Å². The second-order valence-corrected chi connectivity index (χ2v) is 9.58. The van der Waals surface area contributed by atoms with Crippen molar-refractivity contribution in [1.82, 2.24) is 5.32 Å². The standard InChI is InChI=1S/C31H31N3O3/c1-4-37-29(35)27-26(32-20-23-11-7-5-8-12-23)19-31(28(27)24-13-9-6-10-14-24)22(3)33-34(30(31)36)25-17-15-21(2)16-18-25/h5-18,28,32H,4,19-20H2,1-3H3. The molecule has 1 heterocycles. The third-order valence-electron chi connectivity index (χ3n) is 7.29. The highest BCUT2D eigenvalue weighted by molar-refractivity contribution is 6.21. The zero-order valence-corrected chi connectivity index (χ0v) is 21.4. The zero-order valence-electron chi connectivity index (χ0n) is 21.4. The molecule has 1 aliphatic carbocycles.